The maximum atomic E-state index is 12.1. The Morgan fingerprint density at radius 3 is 2.30 bits per heavy atom. The molecule has 0 N–H and O–H groups in total. The van der Waals surface area contributed by atoms with Gasteiger partial charge in [-0.1, -0.05) is 12.1 Å². The maximum absolute atomic E-state index is 12.1. The molecule has 1 heterocycles. The van der Waals surface area contributed by atoms with Crippen molar-refractivity contribution < 1.29 is 4.74 Å². The van der Waals surface area contributed by atoms with E-state index >= 15 is 0 Å². The van der Waals surface area contributed by atoms with Crippen LogP contribution < -0.4 is 20.9 Å². The van der Waals surface area contributed by atoms with E-state index in [-0.39, 0.29) is 5.56 Å². The van der Waals surface area contributed by atoms with Gasteiger partial charge in [-0.15, -0.1) is 0 Å². The molecular formula is C16H18N4O3. The molecule has 2 rings (SSSR count). The third kappa shape index (κ3) is 2.97. The van der Waals surface area contributed by atoms with E-state index in [2.05, 4.69) is 0 Å². The lowest BCUT2D eigenvalue weighted by molar-refractivity contribution is 0.414. The topological polar surface area (TPSA) is 80.3 Å². The molecule has 1 aromatic heterocycles. The van der Waals surface area contributed by atoms with E-state index in [1.807, 2.05) is 30.3 Å². The van der Waals surface area contributed by atoms with Gasteiger partial charge in [0.05, 0.1) is 7.11 Å². The van der Waals surface area contributed by atoms with Crippen LogP contribution in [0.25, 0.3) is 0 Å². The SMILES string of the molecule is COc1ccc(CN(C)c2c(C#N)c(=O)n(C)c(=O)n2C)cc1. The van der Waals surface area contributed by atoms with Crippen molar-refractivity contribution in [1.82, 2.24) is 9.13 Å². The Morgan fingerprint density at radius 2 is 1.78 bits per heavy atom. The lowest BCUT2D eigenvalue weighted by atomic mass is 10.2. The molecule has 0 spiro atoms. The first-order valence-electron chi connectivity index (χ1n) is 6.95. The van der Waals surface area contributed by atoms with Crippen molar-refractivity contribution in [2.75, 3.05) is 19.1 Å². The smallest absolute Gasteiger partial charge is 0.332 e. The second-order valence-electron chi connectivity index (χ2n) is 5.22. The van der Waals surface area contributed by atoms with Crippen molar-refractivity contribution in [3.63, 3.8) is 0 Å². The van der Waals surface area contributed by atoms with Crippen LogP contribution in [-0.4, -0.2) is 23.3 Å². The maximum Gasteiger partial charge on any atom is 0.332 e. The quantitative estimate of drug-likeness (QED) is 0.825. The van der Waals surface area contributed by atoms with E-state index in [4.69, 9.17) is 4.74 Å². The lowest BCUT2D eigenvalue weighted by Crippen LogP contribution is -2.41. The van der Waals surface area contributed by atoms with E-state index in [1.165, 1.54) is 11.6 Å². The Hall–Kier alpha value is -3.01. The van der Waals surface area contributed by atoms with Gasteiger partial charge in [-0.05, 0) is 17.7 Å². The molecule has 0 fully saturated rings. The monoisotopic (exact) mass is 314 g/mol. The van der Waals surface area contributed by atoms with E-state index in [1.54, 1.807) is 26.1 Å². The van der Waals surface area contributed by atoms with Crippen LogP contribution in [0, 0.1) is 11.3 Å². The fourth-order valence-electron chi connectivity index (χ4n) is 2.46. The molecule has 0 atom stereocenters. The van der Waals surface area contributed by atoms with Crippen LogP contribution in [0.2, 0.25) is 0 Å². The molecule has 0 unspecified atom stereocenters. The lowest BCUT2D eigenvalue weighted by Gasteiger charge is -2.23. The van der Waals surface area contributed by atoms with Crippen molar-refractivity contribution in [2.24, 2.45) is 14.1 Å². The number of hydrogen-bond acceptors (Lipinski definition) is 5. The van der Waals surface area contributed by atoms with Gasteiger partial charge >= 0.3 is 5.69 Å². The van der Waals surface area contributed by atoms with Crippen molar-refractivity contribution in [3.05, 3.63) is 56.2 Å². The van der Waals surface area contributed by atoms with Gasteiger partial charge in [-0.2, -0.15) is 5.26 Å². The van der Waals surface area contributed by atoms with Gasteiger partial charge < -0.3 is 9.64 Å². The molecule has 120 valence electrons. The Bertz CT molecular complexity index is 872. The predicted molar refractivity (Wildman–Crippen MR) is 86.7 cm³/mol. The summed E-state index contributed by atoms with van der Waals surface area (Å²) in [6, 6.07) is 9.34. The van der Waals surface area contributed by atoms with Crippen LogP contribution in [0.15, 0.2) is 33.9 Å². The number of anilines is 1. The highest BCUT2D eigenvalue weighted by molar-refractivity contribution is 5.53. The molecule has 7 nitrogen and oxygen atoms in total. The summed E-state index contributed by atoms with van der Waals surface area (Å²) in [7, 11) is 6.23. The number of nitriles is 1. The number of nitrogens with zero attached hydrogens (tertiary/aromatic N) is 4. The molecule has 7 heteroatoms. The Labute approximate surface area is 133 Å². The highest BCUT2D eigenvalue weighted by Crippen LogP contribution is 2.18. The summed E-state index contributed by atoms with van der Waals surface area (Å²) in [6.07, 6.45) is 0. The van der Waals surface area contributed by atoms with Crippen molar-refractivity contribution in [2.45, 2.75) is 6.54 Å². The number of rotatable bonds is 4. The van der Waals surface area contributed by atoms with Crippen LogP contribution in [0.3, 0.4) is 0 Å². The molecule has 0 aliphatic carbocycles. The average Bonchev–Trinajstić information content (AvgIpc) is 2.56. The van der Waals surface area contributed by atoms with Crippen LogP contribution >= 0.6 is 0 Å². The van der Waals surface area contributed by atoms with E-state index in [9.17, 15) is 14.9 Å². The minimum atomic E-state index is -0.591. The minimum absolute atomic E-state index is 0.0504. The average molecular weight is 314 g/mol. The molecule has 0 bridgehead atoms. The van der Waals surface area contributed by atoms with Crippen molar-refractivity contribution >= 4 is 5.82 Å². The normalized spacial score (nSPS) is 10.2. The molecule has 0 aliphatic rings. The second kappa shape index (κ2) is 6.40. The molecule has 0 saturated heterocycles. The predicted octanol–water partition coefficient (Wildman–Crippen LogP) is 0.601. The molecule has 0 amide bonds. The van der Waals surface area contributed by atoms with Crippen LogP contribution in [0.5, 0.6) is 5.75 Å². The van der Waals surface area contributed by atoms with Gasteiger partial charge in [0.15, 0.2) is 5.56 Å². The molecule has 0 radical (unpaired) electrons. The molecular weight excluding hydrogens is 296 g/mol. The van der Waals surface area contributed by atoms with Gasteiger partial charge in [0, 0.05) is 27.7 Å². The Morgan fingerprint density at radius 1 is 1.17 bits per heavy atom. The van der Waals surface area contributed by atoms with E-state index < -0.39 is 11.2 Å². The van der Waals surface area contributed by atoms with Crippen LogP contribution in [0.4, 0.5) is 5.82 Å². The molecule has 23 heavy (non-hydrogen) atoms. The van der Waals surface area contributed by atoms with Gasteiger partial charge in [-0.25, -0.2) is 4.79 Å². The first kappa shape index (κ1) is 16.4. The van der Waals surface area contributed by atoms with Gasteiger partial charge in [-0.3, -0.25) is 13.9 Å². The number of hydrogen-bond donors (Lipinski definition) is 0. The van der Waals surface area contributed by atoms with Crippen LogP contribution in [0.1, 0.15) is 11.1 Å². The molecule has 1 aromatic carbocycles. The summed E-state index contributed by atoms with van der Waals surface area (Å²) in [5.41, 5.74) is -0.145. The standard InChI is InChI=1S/C16H18N4O3/c1-18(10-11-5-7-12(23-4)8-6-11)14-13(9-17)15(21)20(3)16(22)19(14)2/h5-8H,10H2,1-4H3. The number of ether oxygens (including phenoxy) is 1. The van der Waals surface area contributed by atoms with Crippen LogP contribution in [-0.2, 0) is 20.6 Å². The Balaban J connectivity index is 2.47. The zero-order valence-electron chi connectivity index (χ0n) is 13.5. The second-order valence-corrected chi connectivity index (χ2v) is 5.22. The highest BCUT2D eigenvalue weighted by Gasteiger charge is 2.18. The summed E-state index contributed by atoms with van der Waals surface area (Å²) >= 11 is 0. The largest absolute Gasteiger partial charge is 0.497 e. The van der Waals surface area contributed by atoms with E-state index in [0.717, 1.165) is 15.9 Å². The number of methoxy groups -OCH3 is 1. The summed E-state index contributed by atoms with van der Waals surface area (Å²) in [6.45, 7) is 0.444. The summed E-state index contributed by atoms with van der Waals surface area (Å²) in [5, 5.41) is 9.30. The molecule has 0 saturated carbocycles. The third-order valence-electron chi connectivity index (χ3n) is 3.69. The van der Waals surface area contributed by atoms with Crippen molar-refractivity contribution in [3.8, 4) is 11.8 Å². The van der Waals surface area contributed by atoms with Gasteiger partial charge in [0.2, 0.25) is 0 Å². The number of benzene rings is 1. The minimum Gasteiger partial charge on any atom is -0.497 e. The molecule has 2 aromatic rings. The molecule has 0 aliphatic heterocycles. The van der Waals surface area contributed by atoms with Crippen molar-refractivity contribution in [1.29, 1.82) is 5.26 Å². The first-order valence-corrected chi connectivity index (χ1v) is 6.95. The Kier molecular flexibility index (Phi) is 4.55. The van der Waals surface area contributed by atoms with E-state index in [0.29, 0.717) is 12.4 Å². The summed E-state index contributed by atoms with van der Waals surface area (Å²) in [4.78, 5) is 25.9. The zero-order chi connectivity index (χ0) is 17.1. The number of aromatic nitrogens is 2. The highest BCUT2D eigenvalue weighted by atomic mass is 16.5. The third-order valence-corrected chi connectivity index (χ3v) is 3.69. The fraction of sp³-hybridized carbons (Fsp3) is 0.312. The van der Waals surface area contributed by atoms with Gasteiger partial charge in [0.1, 0.15) is 17.6 Å². The van der Waals surface area contributed by atoms with Gasteiger partial charge in [0.25, 0.3) is 5.56 Å². The zero-order valence-corrected chi connectivity index (χ0v) is 13.5. The summed E-state index contributed by atoms with van der Waals surface area (Å²) in [5.74, 6) is 1.05. The fourth-order valence-corrected chi connectivity index (χ4v) is 2.46. The summed E-state index contributed by atoms with van der Waals surface area (Å²) < 4.78 is 7.36. The first-order chi connectivity index (χ1) is 10.9.